The van der Waals surface area contributed by atoms with Crippen LogP contribution in [0.4, 0.5) is 8.78 Å². The van der Waals surface area contributed by atoms with Crippen molar-refractivity contribution in [2.45, 2.75) is 18.5 Å². The van der Waals surface area contributed by atoms with Crippen LogP contribution >= 0.6 is 0 Å². The number of hydrogen-bond donors (Lipinski definition) is 1. The highest BCUT2D eigenvalue weighted by Crippen LogP contribution is 2.42. The molecule has 0 amide bonds. The molecule has 1 unspecified atom stereocenters. The number of fused-ring (bicyclic) bond motifs is 3. The molecule has 1 aliphatic rings. The Kier molecular flexibility index (Phi) is 4.20. The monoisotopic (exact) mass is 406 g/mol. The topological polar surface area (TPSA) is 72.9 Å². The molecule has 8 heteroatoms. The number of benzene rings is 2. The zero-order chi connectivity index (χ0) is 20.8. The van der Waals surface area contributed by atoms with Gasteiger partial charge in [-0.25, -0.2) is 13.8 Å². The van der Waals surface area contributed by atoms with E-state index in [9.17, 15) is 18.7 Å². The fourth-order valence-electron chi connectivity index (χ4n) is 4.15. The van der Waals surface area contributed by atoms with E-state index in [1.54, 1.807) is 41.2 Å². The summed E-state index contributed by atoms with van der Waals surface area (Å²) < 4.78 is 31.5. The van der Waals surface area contributed by atoms with Crippen LogP contribution in [0.15, 0.2) is 71.9 Å². The fraction of sp³-hybridized carbons (Fsp3) is 0.136. The first-order chi connectivity index (χ1) is 14.5. The molecule has 4 aromatic rings. The van der Waals surface area contributed by atoms with Crippen LogP contribution in [0.1, 0.15) is 23.1 Å². The van der Waals surface area contributed by atoms with E-state index in [4.69, 9.17) is 0 Å². The van der Waals surface area contributed by atoms with Gasteiger partial charge in [0.2, 0.25) is 5.43 Å². The van der Waals surface area contributed by atoms with Crippen molar-refractivity contribution in [3.05, 3.63) is 100 Å². The molecule has 1 atom stereocenters. The van der Waals surface area contributed by atoms with Gasteiger partial charge in [0.25, 0.3) is 0 Å². The van der Waals surface area contributed by atoms with E-state index in [1.807, 2.05) is 0 Å². The first-order valence-corrected chi connectivity index (χ1v) is 9.36. The number of halogens is 2. The maximum absolute atomic E-state index is 14.1. The minimum absolute atomic E-state index is 0.182. The number of nitrogens with zero attached hydrogens (tertiary/aromatic N) is 4. The lowest BCUT2D eigenvalue weighted by molar-refractivity contribution is 0.330. The zero-order valence-corrected chi connectivity index (χ0v) is 15.6. The second-order valence-electron chi connectivity index (χ2n) is 7.21. The van der Waals surface area contributed by atoms with E-state index in [0.717, 1.165) is 6.20 Å². The molecule has 0 saturated heterocycles. The van der Waals surface area contributed by atoms with Gasteiger partial charge in [-0.3, -0.25) is 9.48 Å². The van der Waals surface area contributed by atoms with Gasteiger partial charge in [0.05, 0.1) is 12.2 Å². The Morgan fingerprint density at radius 2 is 1.73 bits per heavy atom. The maximum atomic E-state index is 14.1. The smallest absolute Gasteiger partial charge is 0.242 e. The summed E-state index contributed by atoms with van der Waals surface area (Å²) >= 11 is 0. The molecule has 3 heterocycles. The molecule has 0 bridgehead atoms. The number of aromatic hydroxyl groups is 1. The Morgan fingerprint density at radius 3 is 2.37 bits per heavy atom. The molecule has 2 aromatic carbocycles. The molecule has 0 saturated carbocycles. The Hall–Kier alpha value is -3.81. The molecular formula is C22H16F2N4O2. The second kappa shape index (κ2) is 6.91. The largest absolute Gasteiger partial charge is 0.503 e. The molecule has 0 fully saturated rings. The van der Waals surface area contributed by atoms with Gasteiger partial charge >= 0.3 is 0 Å². The Balaban J connectivity index is 1.77. The third-order valence-corrected chi connectivity index (χ3v) is 5.41. The predicted octanol–water partition coefficient (Wildman–Crippen LogP) is 3.48. The van der Waals surface area contributed by atoms with E-state index >= 15 is 0 Å². The minimum atomic E-state index is -0.621. The van der Waals surface area contributed by atoms with Crippen LogP contribution in [0.2, 0.25) is 0 Å². The predicted molar refractivity (Wildman–Crippen MR) is 105 cm³/mol. The Morgan fingerprint density at radius 1 is 1.07 bits per heavy atom. The first kappa shape index (κ1) is 18.2. The van der Waals surface area contributed by atoms with Gasteiger partial charge in [-0.2, -0.15) is 5.10 Å². The van der Waals surface area contributed by atoms with Gasteiger partial charge in [0.15, 0.2) is 11.6 Å². The quantitative estimate of drug-likeness (QED) is 0.565. The second-order valence-corrected chi connectivity index (χ2v) is 7.21. The number of rotatable bonds is 3. The van der Waals surface area contributed by atoms with E-state index in [-0.39, 0.29) is 5.69 Å². The summed E-state index contributed by atoms with van der Waals surface area (Å²) in [6, 6.07) is 11.7. The fourth-order valence-corrected chi connectivity index (χ4v) is 4.15. The summed E-state index contributed by atoms with van der Waals surface area (Å²) in [7, 11) is 0. The van der Waals surface area contributed by atoms with Crippen LogP contribution in [0.3, 0.4) is 0 Å². The van der Waals surface area contributed by atoms with Gasteiger partial charge in [0.1, 0.15) is 17.3 Å². The first-order valence-electron chi connectivity index (χ1n) is 9.36. The number of aromatic nitrogens is 4. The molecule has 2 aromatic heterocycles. The van der Waals surface area contributed by atoms with Crippen molar-refractivity contribution in [3.63, 3.8) is 0 Å². The van der Waals surface area contributed by atoms with Gasteiger partial charge in [-0.1, -0.05) is 24.3 Å². The van der Waals surface area contributed by atoms with E-state index < -0.39 is 34.8 Å². The molecule has 6 nitrogen and oxygen atoms in total. The van der Waals surface area contributed by atoms with E-state index in [0.29, 0.717) is 23.5 Å². The van der Waals surface area contributed by atoms with Crippen LogP contribution in [-0.2, 0) is 6.54 Å². The molecule has 0 radical (unpaired) electrons. The van der Waals surface area contributed by atoms with Gasteiger partial charge in [-0.05, 0) is 35.4 Å². The van der Waals surface area contributed by atoms with Crippen LogP contribution < -0.4 is 5.43 Å². The average molecular weight is 406 g/mol. The third-order valence-electron chi connectivity index (χ3n) is 5.41. The molecule has 150 valence electrons. The highest BCUT2D eigenvalue weighted by Gasteiger charge is 2.35. The molecule has 5 rings (SSSR count). The maximum Gasteiger partial charge on any atom is 0.242 e. The number of hydrogen-bond acceptors (Lipinski definition) is 4. The molecular weight excluding hydrogens is 390 g/mol. The van der Waals surface area contributed by atoms with Crippen molar-refractivity contribution in [1.82, 2.24) is 19.3 Å². The summed E-state index contributed by atoms with van der Waals surface area (Å²) in [5.74, 6) is -1.38. The normalized spacial score (nSPS) is 15.1. The lowest BCUT2D eigenvalue weighted by Crippen LogP contribution is -2.32. The minimum Gasteiger partial charge on any atom is -0.503 e. The Labute approximate surface area is 169 Å². The number of imidazole rings is 1. The van der Waals surface area contributed by atoms with Gasteiger partial charge < -0.3 is 9.67 Å². The third kappa shape index (κ3) is 2.88. The average Bonchev–Trinajstić information content (AvgIpc) is 3.19. The molecule has 30 heavy (non-hydrogen) atoms. The van der Waals surface area contributed by atoms with Crippen molar-refractivity contribution in [2.24, 2.45) is 0 Å². The summed E-state index contributed by atoms with van der Waals surface area (Å²) in [6.45, 7) is 0.384. The lowest BCUT2D eigenvalue weighted by atomic mass is 9.84. The summed E-state index contributed by atoms with van der Waals surface area (Å²) in [4.78, 5) is 16.3. The SMILES string of the molecule is O=c1cnn2c(c1O)-c1nccn1CC2C(c1cccc(F)c1)c1cccc(F)c1. The van der Waals surface area contributed by atoms with Crippen LogP contribution in [0, 0.1) is 11.6 Å². The van der Waals surface area contributed by atoms with Crippen molar-refractivity contribution >= 4 is 0 Å². The van der Waals surface area contributed by atoms with Crippen molar-refractivity contribution in [2.75, 3.05) is 0 Å². The lowest BCUT2D eigenvalue weighted by Gasteiger charge is -2.34. The highest BCUT2D eigenvalue weighted by molar-refractivity contribution is 5.60. The summed E-state index contributed by atoms with van der Waals surface area (Å²) in [6.07, 6.45) is 4.34. The Bertz CT molecular complexity index is 1270. The van der Waals surface area contributed by atoms with E-state index in [2.05, 4.69) is 10.1 Å². The summed E-state index contributed by atoms with van der Waals surface area (Å²) in [5.41, 5.74) is 0.811. The molecule has 1 N–H and O–H groups in total. The molecule has 1 aliphatic heterocycles. The van der Waals surface area contributed by atoms with E-state index in [1.165, 1.54) is 28.9 Å². The highest BCUT2D eigenvalue weighted by atomic mass is 19.1. The van der Waals surface area contributed by atoms with Gasteiger partial charge in [-0.15, -0.1) is 0 Å². The standard InChI is InChI=1S/C22H16F2N4O2/c23-15-5-1-3-13(9-15)19(14-4-2-6-16(24)10-14)17-12-27-8-7-25-22(27)20-21(30)18(29)11-26-28(17)20/h1-11,17,19,30H,12H2. The molecule has 0 aliphatic carbocycles. The van der Waals surface area contributed by atoms with Crippen LogP contribution in [0.25, 0.3) is 11.5 Å². The molecule has 0 spiro atoms. The van der Waals surface area contributed by atoms with Crippen molar-refractivity contribution in [1.29, 1.82) is 0 Å². The van der Waals surface area contributed by atoms with Crippen molar-refractivity contribution in [3.8, 4) is 17.3 Å². The summed E-state index contributed by atoms with van der Waals surface area (Å²) in [5, 5.41) is 14.8. The van der Waals surface area contributed by atoms with Crippen molar-refractivity contribution < 1.29 is 13.9 Å². The van der Waals surface area contributed by atoms with Gasteiger partial charge in [0, 0.05) is 24.9 Å². The van der Waals surface area contributed by atoms with Crippen LogP contribution in [0.5, 0.6) is 5.75 Å². The van der Waals surface area contributed by atoms with Crippen LogP contribution in [-0.4, -0.2) is 24.4 Å². The zero-order valence-electron chi connectivity index (χ0n) is 15.6.